The van der Waals surface area contributed by atoms with Crippen molar-refractivity contribution in [1.82, 2.24) is 9.88 Å². The van der Waals surface area contributed by atoms with Gasteiger partial charge in [0.25, 0.3) is 5.91 Å². The molecule has 0 aliphatic carbocycles. The highest BCUT2D eigenvalue weighted by Gasteiger charge is 2.22. The predicted molar refractivity (Wildman–Crippen MR) is 86.3 cm³/mol. The first-order chi connectivity index (χ1) is 10.2. The number of carbonyl (C=O) groups excluding carboxylic acids is 1. The number of ether oxygens (including phenoxy) is 1. The second kappa shape index (κ2) is 5.93. The lowest BCUT2D eigenvalue weighted by molar-refractivity contribution is 0.0367. The maximum atomic E-state index is 12.6. The maximum Gasteiger partial charge on any atom is 0.255 e. The molecule has 2 rings (SSSR count). The number of hydrogen-bond acceptors (Lipinski definition) is 4. The van der Waals surface area contributed by atoms with Crippen molar-refractivity contribution >= 4 is 16.8 Å². The van der Waals surface area contributed by atoms with Crippen LogP contribution in [0.4, 0.5) is 0 Å². The fourth-order valence-corrected chi connectivity index (χ4v) is 2.44. The third kappa shape index (κ3) is 3.54. The van der Waals surface area contributed by atoms with Gasteiger partial charge in [0.05, 0.1) is 29.5 Å². The average Bonchev–Trinajstić information content (AvgIpc) is 2.43. The number of aryl methyl sites for hydroxylation is 1. The highest BCUT2D eigenvalue weighted by atomic mass is 16.5. The fourth-order valence-electron chi connectivity index (χ4n) is 2.44. The summed E-state index contributed by atoms with van der Waals surface area (Å²) in [6, 6.07) is 7.40. The quantitative estimate of drug-likeness (QED) is 0.942. The molecule has 1 N–H and O–H groups in total. The Labute approximate surface area is 130 Å². The van der Waals surface area contributed by atoms with Crippen molar-refractivity contribution in [2.45, 2.75) is 26.4 Å². The molecule has 2 aromatic rings. The second-order valence-electron chi connectivity index (χ2n) is 6.15. The van der Waals surface area contributed by atoms with Crippen LogP contribution < -0.4 is 4.74 Å². The summed E-state index contributed by atoms with van der Waals surface area (Å²) < 4.78 is 5.19. The Morgan fingerprint density at radius 2 is 2.05 bits per heavy atom. The van der Waals surface area contributed by atoms with Crippen LogP contribution in [0, 0.1) is 6.92 Å². The van der Waals surface area contributed by atoms with Gasteiger partial charge in [0.15, 0.2) is 0 Å². The Kier molecular flexibility index (Phi) is 4.37. The lowest BCUT2D eigenvalue weighted by Crippen LogP contribution is -2.40. The van der Waals surface area contributed by atoms with Gasteiger partial charge in [-0.05, 0) is 39.0 Å². The Hall–Kier alpha value is -2.14. The van der Waals surface area contributed by atoms with Crippen LogP contribution in [0.25, 0.3) is 10.9 Å². The topological polar surface area (TPSA) is 62.7 Å². The zero-order valence-electron chi connectivity index (χ0n) is 13.7. The van der Waals surface area contributed by atoms with Crippen molar-refractivity contribution in [3.05, 3.63) is 35.5 Å². The molecule has 5 heteroatoms. The molecule has 0 saturated carbocycles. The summed E-state index contributed by atoms with van der Waals surface area (Å²) >= 11 is 0. The van der Waals surface area contributed by atoms with Crippen molar-refractivity contribution in [3.63, 3.8) is 0 Å². The molecule has 118 valence electrons. The fraction of sp³-hybridized carbons (Fsp3) is 0.412. The SMILES string of the molecule is COc1ccc2cc(C(=O)N(C)CC(C)(C)O)c(C)nc2c1. The lowest BCUT2D eigenvalue weighted by Gasteiger charge is -2.26. The number of aliphatic hydroxyl groups is 1. The van der Waals surface area contributed by atoms with E-state index in [0.29, 0.717) is 11.3 Å². The molecule has 1 heterocycles. The third-order valence-corrected chi connectivity index (χ3v) is 3.42. The molecule has 0 radical (unpaired) electrons. The minimum Gasteiger partial charge on any atom is -0.497 e. The second-order valence-corrected chi connectivity index (χ2v) is 6.15. The Morgan fingerprint density at radius 1 is 1.36 bits per heavy atom. The first-order valence-electron chi connectivity index (χ1n) is 7.14. The Bertz CT molecular complexity index is 705. The van der Waals surface area contributed by atoms with Crippen molar-refractivity contribution in [2.75, 3.05) is 20.7 Å². The molecule has 0 aliphatic rings. The molecule has 0 fully saturated rings. The van der Waals surface area contributed by atoms with Gasteiger partial charge in [-0.2, -0.15) is 0 Å². The van der Waals surface area contributed by atoms with E-state index < -0.39 is 5.60 Å². The van der Waals surface area contributed by atoms with E-state index in [2.05, 4.69) is 4.98 Å². The molecule has 0 unspecified atom stereocenters. The van der Waals surface area contributed by atoms with Crippen molar-refractivity contribution < 1.29 is 14.6 Å². The molecular weight excluding hydrogens is 280 g/mol. The molecule has 0 atom stereocenters. The van der Waals surface area contributed by atoms with Crippen molar-refractivity contribution in [1.29, 1.82) is 0 Å². The number of likely N-dealkylation sites (N-methyl/N-ethyl adjacent to an activating group) is 1. The summed E-state index contributed by atoms with van der Waals surface area (Å²) in [4.78, 5) is 18.6. The first-order valence-corrected chi connectivity index (χ1v) is 7.14. The summed E-state index contributed by atoms with van der Waals surface area (Å²) in [5, 5.41) is 10.7. The standard InChI is InChI=1S/C17H22N2O3/c1-11-14(16(20)19(4)10-17(2,3)21)8-12-6-7-13(22-5)9-15(12)18-11/h6-9,21H,10H2,1-5H3. The van der Waals surface area contributed by atoms with E-state index in [4.69, 9.17) is 4.74 Å². The normalized spacial score (nSPS) is 11.5. The van der Waals surface area contributed by atoms with Gasteiger partial charge in [0.2, 0.25) is 0 Å². The van der Waals surface area contributed by atoms with Crippen LogP contribution in [0.2, 0.25) is 0 Å². The highest BCUT2D eigenvalue weighted by molar-refractivity contribution is 5.98. The molecule has 0 spiro atoms. The van der Waals surface area contributed by atoms with E-state index >= 15 is 0 Å². The van der Waals surface area contributed by atoms with E-state index in [0.717, 1.165) is 16.7 Å². The molecule has 0 bridgehead atoms. The Morgan fingerprint density at radius 3 is 2.64 bits per heavy atom. The highest BCUT2D eigenvalue weighted by Crippen LogP contribution is 2.22. The van der Waals surface area contributed by atoms with Crippen LogP contribution in [0.3, 0.4) is 0 Å². The molecule has 0 aliphatic heterocycles. The molecule has 1 aromatic heterocycles. The van der Waals surface area contributed by atoms with E-state index in [1.54, 1.807) is 28.0 Å². The summed E-state index contributed by atoms with van der Waals surface area (Å²) in [6.07, 6.45) is 0. The van der Waals surface area contributed by atoms with Crippen LogP contribution in [0.5, 0.6) is 5.75 Å². The number of amides is 1. The summed E-state index contributed by atoms with van der Waals surface area (Å²) in [7, 11) is 3.29. The zero-order valence-corrected chi connectivity index (χ0v) is 13.7. The van der Waals surface area contributed by atoms with Gasteiger partial charge < -0.3 is 14.7 Å². The van der Waals surface area contributed by atoms with E-state index in [1.165, 1.54) is 4.90 Å². The summed E-state index contributed by atoms with van der Waals surface area (Å²) in [6.45, 7) is 5.42. The van der Waals surface area contributed by atoms with Crippen LogP contribution in [-0.2, 0) is 0 Å². The van der Waals surface area contributed by atoms with E-state index in [1.807, 2.05) is 31.2 Å². The van der Waals surface area contributed by atoms with Gasteiger partial charge in [-0.15, -0.1) is 0 Å². The summed E-state index contributed by atoms with van der Waals surface area (Å²) in [5.41, 5.74) is 1.06. The number of benzene rings is 1. The van der Waals surface area contributed by atoms with Crippen LogP contribution in [0.1, 0.15) is 29.9 Å². The van der Waals surface area contributed by atoms with Gasteiger partial charge in [0.1, 0.15) is 5.75 Å². The third-order valence-electron chi connectivity index (χ3n) is 3.42. The minimum atomic E-state index is -0.935. The molecular formula is C17H22N2O3. The molecule has 1 aromatic carbocycles. The number of nitrogens with zero attached hydrogens (tertiary/aromatic N) is 2. The summed E-state index contributed by atoms with van der Waals surface area (Å²) in [5.74, 6) is 0.586. The number of hydrogen-bond donors (Lipinski definition) is 1. The van der Waals surface area contributed by atoms with Gasteiger partial charge in [-0.25, -0.2) is 0 Å². The van der Waals surface area contributed by atoms with Crippen LogP contribution in [0.15, 0.2) is 24.3 Å². The number of methoxy groups -OCH3 is 1. The lowest BCUT2D eigenvalue weighted by atomic mass is 10.1. The van der Waals surface area contributed by atoms with E-state index in [-0.39, 0.29) is 12.5 Å². The van der Waals surface area contributed by atoms with E-state index in [9.17, 15) is 9.90 Å². The number of rotatable bonds is 4. The monoisotopic (exact) mass is 302 g/mol. The molecule has 0 saturated heterocycles. The maximum absolute atomic E-state index is 12.6. The average molecular weight is 302 g/mol. The molecule has 1 amide bonds. The Balaban J connectivity index is 2.39. The van der Waals surface area contributed by atoms with Crippen molar-refractivity contribution in [2.24, 2.45) is 0 Å². The minimum absolute atomic E-state index is 0.148. The van der Waals surface area contributed by atoms with Gasteiger partial charge in [0, 0.05) is 25.0 Å². The van der Waals surface area contributed by atoms with Crippen LogP contribution in [-0.4, -0.2) is 47.2 Å². The number of fused-ring (bicyclic) bond motifs is 1. The largest absolute Gasteiger partial charge is 0.497 e. The zero-order chi connectivity index (χ0) is 16.5. The first kappa shape index (κ1) is 16.2. The van der Waals surface area contributed by atoms with Crippen LogP contribution >= 0.6 is 0 Å². The van der Waals surface area contributed by atoms with Crippen molar-refractivity contribution in [3.8, 4) is 5.75 Å². The number of pyridine rings is 1. The van der Waals surface area contributed by atoms with Gasteiger partial charge in [-0.1, -0.05) is 0 Å². The smallest absolute Gasteiger partial charge is 0.255 e. The number of aromatic nitrogens is 1. The number of carbonyl (C=O) groups is 1. The van der Waals surface area contributed by atoms with Gasteiger partial charge in [-0.3, -0.25) is 9.78 Å². The van der Waals surface area contributed by atoms with Gasteiger partial charge >= 0.3 is 0 Å². The predicted octanol–water partition coefficient (Wildman–Crippen LogP) is 2.39. The molecule has 22 heavy (non-hydrogen) atoms. The molecule has 5 nitrogen and oxygen atoms in total.